The molecule has 1 N–H and O–H groups in total. The first-order valence-electron chi connectivity index (χ1n) is 11.7. The highest BCUT2D eigenvalue weighted by atomic mass is 32.2. The summed E-state index contributed by atoms with van der Waals surface area (Å²) < 4.78 is 33.9. The summed E-state index contributed by atoms with van der Waals surface area (Å²) in [6.07, 6.45) is 1.16. The zero-order valence-electron chi connectivity index (χ0n) is 20.9. The Hall–Kier alpha value is -3.16. The van der Waals surface area contributed by atoms with Crippen molar-refractivity contribution >= 4 is 15.9 Å². The second-order valence-electron chi connectivity index (χ2n) is 8.75. The van der Waals surface area contributed by atoms with Gasteiger partial charge in [0.15, 0.2) is 0 Å². The molecule has 0 spiro atoms. The molecule has 0 aliphatic carbocycles. The Bertz CT molecular complexity index is 1220. The van der Waals surface area contributed by atoms with E-state index in [4.69, 9.17) is 4.74 Å². The van der Waals surface area contributed by atoms with Gasteiger partial charge in [-0.05, 0) is 68.0 Å². The van der Waals surface area contributed by atoms with Crippen molar-refractivity contribution < 1.29 is 17.9 Å². The molecule has 0 saturated carbocycles. The first-order valence-corrected chi connectivity index (χ1v) is 13.2. The topological polar surface area (TPSA) is 75.7 Å². The van der Waals surface area contributed by atoms with Gasteiger partial charge in [0, 0.05) is 13.1 Å². The fourth-order valence-electron chi connectivity index (χ4n) is 4.24. The maximum absolute atomic E-state index is 13.7. The molecule has 6 nitrogen and oxygen atoms in total. The van der Waals surface area contributed by atoms with Crippen LogP contribution in [0.15, 0.2) is 71.6 Å². The monoisotopic (exact) mass is 494 g/mol. The number of amides is 1. The minimum Gasteiger partial charge on any atom is -0.497 e. The van der Waals surface area contributed by atoms with Crippen LogP contribution in [0.3, 0.4) is 0 Å². The third-order valence-electron chi connectivity index (χ3n) is 5.91. The highest BCUT2D eigenvalue weighted by Crippen LogP contribution is 2.25. The van der Waals surface area contributed by atoms with Crippen LogP contribution in [0.25, 0.3) is 0 Å². The first kappa shape index (κ1) is 26.4. The highest BCUT2D eigenvalue weighted by molar-refractivity contribution is 7.89. The third-order valence-corrected chi connectivity index (χ3v) is 8.06. The number of nitrogens with zero attached hydrogens (tertiary/aromatic N) is 1. The molecule has 7 heteroatoms. The van der Waals surface area contributed by atoms with Crippen LogP contribution in [0.4, 0.5) is 0 Å². The maximum atomic E-state index is 13.7. The quantitative estimate of drug-likeness (QED) is 0.433. The molecule has 3 aromatic carbocycles. The van der Waals surface area contributed by atoms with Gasteiger partial charge >= 0.3 is 0 Å². The molecule has 3 rings (SSSR count). The number of methoxy groups -OCH3 is 1. The summed E-state index contributed by atoms with van der Waals surface area (Å²) in [6.45, 7) is 5.95. The number of sulfonamides is 1. The van der Waals surface area contributed by atoms with Crippen molar-refractivity contribution in [2.75, 3.05) is 26.7 Å². The molecule has 3 aromatic rings. The standard InChI is InChI=1S/C28H34N2O4S/c1-21-18-22(2)28(23(3)19-21)35(32,33)30(17-15-24-8-6-5-7-9-24)20-27(31)29-16-14-25-10-12-26(34-4)13-11-25/h5-13,18-19H,14-17,20H2,1-4H3,(H,29,31). The lowest BCUT2D eigenvalue weighted by atomic mass is 10.1. The number of rotatable bonds is 11. The van der Waals surface area contributed by atoms with Gasteiger partial charge in [-0.1, -0.05) is 60.2 Å². The summed E-state index contributed by atoms with van der Waals surface area (Å²) in [5.74, 6) is 0.455. The van der Waals surface area contributed by atoms with Crippen LogP contribution in [-0.4, -0.2) is 45.4 Å². The number of carbonyl (C=O) groups excluding carboxylic acids is 1. The molecule has 0 aliphatic rings. The molecule has 0 saturated heterocycles. The van der Waals surface area contributed by atoms with E-state index in [9.17, 15) is 13.2 Å². The Balaban J connectivity index is 1.74. The van der Waals surface area contributed by atoms with E-state index in [1.807, 2.05) is 73.7 Å². The summed E-state index contributed by atoms with van der Waals surface area (Å²) >= 11 is 0. The Morgan fingerprint density at radius 2 is 1.49 bits per heavy atom. The second kappa shape index (κ2) is 12.0. The minimum absolute atomic E-state index is 0.213. The number of hydrogen-bond donors (Lipinski definition) is 1. The fraction of sp³-hybridized carbons (Fsp3) is 0.321. The number of nitrogens with one attached hydrogen (secondary N) is 1. The molecule has 0 unspecified atom stereocenters. The number of benzene rings is 3. The van der Waals surface area contributed by atoms with Crippen molar-refractivity contribution in [3.05, 3.63) is 94.5 Å². The van der Waals surface area contributed by atoms with Gasteiger partial charge in [0.25, 0.3) is 0 Å². The SMILES string of the molecule is COc1ccc(CCNC(=O)CN(CCc2ccccc2)S(=O)(=O)c2c(C)cc(C)cc2C)cc1. The molecule has 0 aromatic heterocycles. The van der Waals surface area contributed by atoms with Crippen molar-refractivity contribution in [1.82, 2.24) is 9.62 Å². The summed E-state index contributed by atoms with van der Waals surface area (Å²) in [5.41, 5.74) is 4.46. The van der Waals surface area contributed by atoms with Crippen molar-refractivity contribution in [2.24, 2.45) is 0 Å². The lowest BCUT2D eigenvalue weighted by molar-refractivity contribution is -0.121. The zero-order valence-corrected chi connectivity index (χ0v) is 21.7. The Morgan fingerprint density at radius 3 is 2.09 bits per heavy atom. The van der Waals surface area contributed by atoms with E-state index in [1.165, 1.54) is 4.31 Å². The Morgan fingerprint density at radius 1 is 0.886 bits per heavy atom. The van der Waals surface area contributed by atoms with Crippen LogP contribution < -0.4 is 10.1 Å². The number of ether oxygens (including phenoxy) is 1. The molecule has 0 aliphatic heterocycles. The minimum atomic E-state index is -3.87. The molecule has 0 radical (unpaired) electrons. The van der Waals surface area contributed by atoms with Gasteiger partial charge in [-0.2, -0.15) is 4.31 Å². The molecule has 35 heavy (non-hydrogen) atoms. The summed E-state index contributed by atoms with van der Waals surface area (Å²) in [6, 6.07) is 21.1. The van der Waals surface area contributed by atoms with Crippen molar-refractivity contribution in [1.29, 1.82) is 0 Å². The van der Waals surface area contributed by atoms with Gasteiger partial charge in [0.05, 0.1) is 18.6 Å². The normalized spacial score (nSPS) is 11.5. The average Bonchev–Trinajstić information content (AvgIpc) is 2.82. The predicted molar refractivity (Wildman–Crippen MR) is 139 cm³/mol. The largest absolute Gasteiger partial charge is 0.497 e. The van der Waals surface area contributed by atoms with E-state index in [1.54, 1.807) is 21.0 Å². The summed E-state index contributed by atoms with van der Waals surface area (Å²) in [5, 5.41) is 2.87. The number of carbonyl (C=O) groups is 1. The van der Waals surface area contributed by atoms with Gasteiger partial charge in [0.1, 0.15) is 5.75 Å². The van der Waals surface area contributed by atoms with Crippen LogP contribution in [0.2, 0.25) is 0 Å². The van der Waals surface area contributed by atoms with E-state index in [2.05, 4.69) is 5.32 Å². The average molecular weight is 495 g/mol. The van der Waals surface area contributed by atoms with Crippen LogP contribution in [-0.2, 0) is 27.7 Å². The predicted octanol–water partition coefficient (Wildman–Crippen LogP) is 4.21. The zero-order chi connectivity index (χ0) is 25.4. The number of aryl methyl sites for hydroxylation is 3. The molecule has 0 heterocycles. The Kier molecular flexibility index (Phi) is 9.07. The molecule has 1 amide bonds. The lowest BCUT2D eigenvalue weighted by Gasteiger charge is -2.24. The molecular weight excluding hydrogens is 460 g/mol. The van der Waals surface area contributed by atoms with E-state index in [-0.39, 0.29) is 23.9 Å². The van der Waals surface area contributed by atoms with Gasteiger partial charge in [-0.25, -0.2) is 8.42 Å². The molecule has 0 atom stereocenters. The molecule has 0 fully saturated rings. The van der Waals surface area contributed by atoms with Crippen molar-refractivity contribution in [2.45, 2.75) is 38.5 Å². The van der Waals surface area contributed by atoms with E-state index in [0.717, 1.165) is 22.4 Å². The van der Waals surface area contributed by atoms with Crippen LogP contribution in [0.5, 0.6) is 5.75 Å². The van der Waals surface area contributed by atoms with E-state index in [0.29, 0.717) is 30.5 Å². The second-order valence-corrected chi connectivity index (χ2v) is 10.6. The van der Waals surface area contributed by atoms with Gasteiger partial charge in [-0.3, -0.25) is 4.79 Å². The van der Waals surface area contributed by atoms with Crippen molar-refractivity contribution in [3.63, 3.8) is 0 Å². The van der Waals surface area contributed by atoms with Crippen molar-refractivity contribution in [3.8, 4) is 5.75 Å². The van der Waals surface area contributed by atoms with Gasteiger partial charge in [0.2, 0.25) is 15.9 Å². The third kappa shape index (κ3) is 7.16. The number of hydrogen-bond acceptors (Lipinski definition) is 4. The molecule has 186 valence electrons. The van der Waals surface area contributed by atoms with E-state index < -0.39 is 10.0 Å². The first-order chi connectivity index (χ1) is 16.7. The van der Waals surface area contributed by atoms with Gasteiger partial charge < -0.3 is 10.1 Å². The highest BCUT2D eigenvalue weighted by Gasteiger charge is 2.29. The summed E-state index contributed by atoms with van der Waals surface area (Å²) in [7, 11) is -2.25. The smallest absolute Gasteiger partial charge is 0.244 e. The fourth-order valence-corrected chi connectivity index (χ4v) is 6.05. The maximum Gasteiger partial charge on any atom is 0.244 e. The van der Waals surface area contributed by atoms with E-state index >= 15 is 0 Å². The lowest BCUT2D eigenvalue weighted by Crippen LogP contribution is -2.42. The summed E-state index contributed by atoms with van der Waals surface area (Å²) in [4.78, 5) is 13.1. The molecular formula is C28H34N2O4S. The van der Waals surface area contributed by atoms with Crippen LogP contribution in [0, 0.1) is 20.8 Å². The van der Waals surface area contributed by atoms with Crippen LogP contribution >= 0.6 is 0 Å². The molecule has 0 bridgehead atoms. The van der Waals surface area contributed by atoms with Gasteiger partial charge in [-0.15, -0.1) is 0 Å². The Labute approximate surface area is 209 Å². The van der Waals surface area contributed by atoms with Crippen LogP contribution in [0.1, 0.15) is 27.8 Å².